The Labute approximate surface area is 139 Å². The monoisotopic (exact) mass is 370 g/mol. The van der Waals surface area contributed by atoms with Crippen molar-refractivity contribution >= 4 is 21.9 Å². The van der Waals surface area contributed by atoms with Gasteiger partial charge in [0, 0.05) is 29.0 Å². The molecule has 1 aliphatic rings. The first-order chi connectivity index (χ1) is 10.3. The van der Waals surface area contributed by atoms with E-state index in [0.29, 0.717) is 6.54 Å². The molecule has 1 aromatic heterocycles. The van der Waals surface area contributed by atoms with Gasteiger partial charge < -0.3 is 14.8 Å². The first-order valence-electron chi connectivity index (χ1n) is 7.49. The highest BCUT2D eigenvalue weighted by Crippen LogP contribution is 2.36. The molecule has 0 amide bonds. The van der Waals surface area contributed by atoms with Gasteiger partial charge in [0.25, 0.3) is 0 Å². The Morgan fingerprint density at radius 1 is 1.50 bits per heavy atom. The summed E-state index contributed by atoms with van der Waals surface area (Å²) in [4.78, 5) is 16.1. The molecule has 0 radical (unpaired) electrons. The van der Waals surface area contributed by atoms with E-state index in [-0.39, 0.29) is 12.6 Å². The fraction of sp³-hybridized carbons (Fsp3) is 0.625. The van der Waals surface area contributed by atoms with E-state index >= 15 is 0 Å². The molecule has 0 spiro atoms. The topological polar surface area (TPSA) is 60.5 Å². The number of aromatic nitrogens is 1. The molecule has 2 rings (SSSR count). The van der Waals surface area contributed by atoms with Gasteiger partial charge in [-0.25, -0.2) is 4.79 Å². The van der Waals surface area contributed by atoms with Crippen LogP contribution in [-0.4, -0.2) is 36.3 Å². The molecule has 122 valence electrons. The number of nitrogens with one attached hydrogen (secondary N) is 1. The molecule has 6 heteroatoms. The number of hydrogen-bond donors (Lipinski definition) is 1. The summed E-state index contributed by atoms with van der Waals surface area (Å²) in [6.45, 7) is 7.11. The number of hydrogen-bond acceptors (Lipinski definition) is 5. The van der Waals surface area contributed by atoms with Crippen LogP contribution in [0.5, 0.6) is 0 Å². The summed E-state index contributed by atoms with van der Waals surface area (Å²) in [6, 6.07) is 1.94. The molecule has 1 saturated heterocycles. The van der Waals surface area contributed by atoms with Gasteiger partial charge >= 0.3 is 5.97 Å². The molecule has 0 saturated carbocycles. The Morgan fingerprint density at radius 2 is 2.27 bits per heavy atom. The summed E-state index contributed by atoms with van der Waals surface area (Å²) < 4.78 is 12.3. The van der Waals surface area contributed by atoms with Crippen molar-refractivity contribution in [1.82, 2.24) is 10.3 Å². The van der Waals surface area contributed by atoms with Crippen LogP contribution in [-0.2, 0) is 19.9 Å². The third-order valence-corrected chi connectivity index (χ3v) is 4.13. The number of halogens is 1. The smallest absolute Gasteiger partial charge is 0.332 e. The van der Waals surface area contributed by atoms with Gasteiger partial charge in [0.1, 0.15) is 17.8 Å². The summed E-state index contributed by atoms with van der Waals surface area (Å²) in [7, 11) is 0. The molecular weight excluding hydrogens is 348 g/mol. The standard InChI is InChI=1S/C16H23BrN2O3/c1-15(2,3)22-14(20)10-21-16(6-4-7-19-11-16)12-5-8-18-9-13(12)17/h5,8-9,19H,4,6-7,10-11H2,1-3H3. The minimum absolute atomic E-state index is 0.0618. The maximum Gasteiger partial charge on any atom is 0.332 e. The van der Waals surface area contributed by atoms with Crippen molar-refractivity contribution < 1.29 is 14.3 Å². The Balaban J connectivity index is 2.13. The lowest BCUT2D eigenvalue weighted by Crippen LogP contribution is -2.46. The number of esters is 1. The van der Waals surface area contributed by atoms with Crippen molar-refractivity contribution in [3.63, 3.8) is 0 Å². The minimum Gasteiger partial charge on any atom is -0.458 e. The average molecular weight is 371 g/mol. The number of ether oxygens (including phenoxy) is 2. The third-order valence-electron chi connectivity index (χ3n) is 3.49. The van der Waals surface area contributed by atoms with Crippen LogP contribution in [0, 0.1) is 0 Å². The van der Waals surface area contributed by atoms with Crippen LogP contribution in [0.4, 0.5) is 0 Å². The van der Waals surface area contributed by atoms with E-state index in [0.717, 1.165) is 29.4 Å². The number of piperidine rings is 1. The van der Waals surface area contributed by atoms with E-state index in [2.05, 4.69) is 26.2 Å². The Bertz CT molecular complexity index is 522. The summed E-state index contributed by atoms with van der Waals surface area (Å²) in [5.74, 6) is -0.345. The molecule has 22 heavy (non-hydrogen) atoms. The van der Waals surface area contributed by atoms with E-state index < -0.39 is 11.2 Å². The fourth-order valence-corrected chi connectivity index (χ4v) is 3.23. The van der Waals surface area contributed by atoms with Crippen LogP contribution in [0.15, 0.2) is 22.9 Å². The fourth-order valence-electron chi connectivity index (χ4n) is 2.62. The van der Waals surface area contributed by atoms with Gasteiger partial charge in [0.15, 0.2) is 0 Å². The Kier molecular flexibility index (Phi) is 5.58. The van der Waals surface area contributed by atoms with Crippen molar-refractivity contribution in [2.45, 2.75) is 44.8 Å². The molecule has 1 aliphatic heterocycles. The zero-order valence-electron chi connectivity index (χ0n) is 13.3. The largest absolute Gasteiger partial charge is 0.458 e. The first-order valence-corrected chi connectivity index (χ1v) is 8.28. The lowest BCUT2D eigenvalue weighted by Gasteiger charge is -2.38. The molecule has 0 bridgehead atoms. The van der Waals surface area contributed by atoms with Gasteiger partial charge in [-0.3, -0.25) is 4.98 Å². The number of rotatable bonds is 4. The number of pyridine rings is 1. The highest BCUT2D eigenvalue weighted by molar-refractivity contribution is 9.10. The summed E-state index contributed by atoms with van der Waals surface area (Å²) >= 11 is 3.54. The second-order valence-electron chi connectivity index (χ2n) is 6.51. The molecule has 2 heterocycles. The second-order valence-corrected chi connectivity index (χ2v) is 7.36. The minimum atomic E-state index is -0.531. The molecule has 1 fully saturated rings. The van der Waals surface area contributed by atoms with Gasteiger partial charge in [-0.15, -0.1) is 0 Å². The van der Waals surface area contributed by atoms with Crippen LogP contribution in [0.25, 0.3) is 0 Å². The van der Waals surface area contributed by atoms with E-state index in [1.807, 2.05) is 26.8 Å². The highest BCUT2D eigenvalue weighted by Gasteiger charge is 2.37. The molecule has 1 unspecified atom stereocenters. The summed E-state index contributed by atoms with van der Waals surface area (Å²) in [5.41, 5.74) is -0.0228. The zero-order valence-corrected chi connectivity index (χ0v) is 14.9. The normalized spacial score (nSPS) is 22.4. The van der Waals surface area contributed by atoms with E-state index in [4.69, 9.17) is 9.47 Å². The van der Waals surface area contributed by atoms with Gasteiger partial charge in [-0.2, -0.15) is 0 Å². The van der Waals surface area contributed by atoms with E-state index in [9.17, 15) is 4.79 Å². The van der Waals surface area contributed by atoms with Crippen molar-refractivity contribution in [3.8, 4) is 0 Å². The average Bonchev–Trinajstić information content (AvgIpc) is 2.45. The van der Waals surface area contributed by atoms with Gasteiger partial charge in [0.05, 0.1) is 0 Å². The number of nitrogens with zero attached hydrogens (tertiary/aromatic N) is 1. The van der Waals surface area contributed by atoms with Gasteiger partial charge in [-0.05, 0) is 62.2 Å². The van der Waals surface area contributed by atoms with Crippen LogP contribution in [0.1, 0.15) is 39.2 Å². The van der Waals surface area contributed by atoms with Crippen LogP contribution >= 0.6 is 15.9 Å². The molecule has 1 atom stereocenters. The molecule has 0 aromatic carbocycles. The van der Waals surface area contributed by atoms with Gasteiger partial charge in [-0.1, -0.05) is 0 Å². The van der Waals surface area contributed by atoms with Gasteiger partial charge in [0.2, 0.25) is 0 Å². The lowest BCUT2D eigenvalue weighted by molar-refractivity contribution is -0.169. The SMILES string of the molecule is CC(C)(C)OC(=O)COC1(c2ccncc2Br)CCCNC1. The van der Waals surface area contributed by atoms with Crippen LogP contribution in [0.2, 0.25) is 0 Å². The number of carbonyl (C=O) groups excluding carboxylic acids is 1. The quantitative estimate of drug-likeness (QED) is 0.825. The molecule has 1 N–H and O–H groups in total. The molecule has 5 nitrogen and oxygen atoms in total. The predicted octanol–water partition coefficient (Wildman–Crippen LogP) is 2.78. The van der Waals surface area contributed by atoms with E-state index in [1.54, 1.807) is 12.4 Å². The molecule has 1 aromatic rings. The third kappa shape index (κ3) is 4.51. The lowest BCUT2D eigenvalue weighted by atomic mass is 9.87. The predicted molar refractivity (Wildman–Crippen MR) is 87.5 cm³/mol. The van der Waals surface area contributed by atoms with Crippen LogP contribution in [0.3, 0.4) is 0 Å². The second kappa shape index (κ2) is 7.06. The van der Waals surface area contributed by atoms with Crippen LogP contribution < -0.4 is 5.32 Å². The van der Waals surface area contributed by atoms with Crippen molar-refractivity contribution in [1.29, 1.82) is 0 Å². The van der Waals surface area contributed by atoms with Crippen molar-refractivity contribution in [3.05, 3.63) is 28.5 Å². The first kappa shape index (κ1) is 17.4. The number of carbonyl (C=O) groups is 1. The Hall–Kier alpha value is -0.980. The molecule has 0 aliphatic carbocycles. The molecular formula is C16H23BrN2O3. The summed E-state index contributed by atoms with van der Waals surface area (Å²) in [6.07, 6.45) is 5.34. The van der Waals surface area contributed by atoms with Crippen molar-refractivity contribution in [2.24, 2.45) is 0 Å². The maximum atomic E-state index is 12.0. The van der Waals surface area contributed by atoms with Crippen molar-refractivity contribution in [2.75, 3.05) is 19.7 Å². The maximum absolute atomic E-state index is 12.0. The summed E-state index contributed by atoms with van der Waals surface area (Å²) in [5, 5.41) is 3.35. The van der Waals surface area contributed by atoms with E-state index in [1.165, 1.54) is 0 Å². The Morgan fingerprint density at radius 3 is 2.86 bits per heavy atom. The zero-order chi connectivity index (χ0) is 16.2. The highest BCUT2D eigenvalue weighted by atomic mass is 79.9.